The molecule has 1 aromatic carbocycles. The Balaban J connectivity index is 0.00000324. The molecule has 108 valence electrons. The zero-order valence-electron chi connectivity index (χ0n) is 11.3. The van der Waals surface area contributed by atoms with Crippen LogP contribution in [0.1, 0.15) is 20.8 Å². The van der Waals surface area contributed by atoms with Gasteiger partial charge in [-0.15, -0.1) is 12.4 Å². The van der Waals surface area contributed by atoms with Gasteiger partial charge >= 0.3 is 0 Å². The first-order chi connectivity index (χ1) is 8.40. The van der Waals surface area contributed by atoms with Crippen molar-refractivity contribution in [2.24, 2.45) is 11.1 Å². The number of nitrogens with two attached hydrogens (primary N) is 1. The minimum atomic E-state index is -0.685. The van der Waals surface area contributed by atoms with Gasteiger partial charge in [-0.05, 0) is 32.9 Å². The quantitative estimate of drug-likeness (QED) is 0.876. The fourth-order valence-corrected chi connectivity index (χ4v) is 1.24. The number of hydrogen-bond acceptors (Lipinski definition) is 3. The molecular formula is C13H20ClFN2O2. The Morgan fingerprint density at radius 2 is 2.11 bits per heavy atom. The Hall–Kier alpha value is -1.33. The van der Waals surface area contributed by atoms with Gasteiger partial charge in [0.05, 0.1) is 12.0 Å². The maximum Gasteiger partial charge on any atom is 0.231 e. The number of rotatable bonds is 5. The summed E-state index contributed by atoms with van der Waals surface area (Å²) in [6, 6.07) is 4.32. The lowest BCUT2D eigenvalue weighted by molar-refractivity contribution is -0.123. The standard InChI is InChI=1S/C13H19FN2O2.ClH/c1-4-18-11-6-5-9(7-10(11)14)16-12(17)13(2,3)8-15;/h5-7H,4,8,15H2,1-3H3,(H,16,17);1H. The van der Waals surface area contributed by atoms with Crippen molar-refractivity contribution in [1.29, 1.82) is 0 Å². The molecule has 0 saturated carbocycles. The highest BCUT2D eigenvalue weighted by molar-refractivity contribution is 5.95. The van der Waals surface area contributed by atoms with E-state index in [0.717, 1.165) is 0 Å². The highest BCUT2D eigenvalue weighted by atomic mass is 35.5. The lowest BCUT2D eigenvalue weighted by Crippen LogP contribution is -2.37. The Kier molecular flexibility index (Phi) is 6.79. The zero-order chi connectivity index (χ0) is 13.8. The minimum Gasteiger partial charge on any atom is -0.491 e. The minimum absolute atomic E-state index is 0. The van der Waals surface area contributed by atoms with E-state index in [4.69, 9.17) is 10.5 Å². The molecule has 0 heterocycles. The van der Waals surface area contributed by atoms with Crippen LogP contribution in [0, 0.1) is 11.2 Å². The Bertz CT molecular complexity index is 439. The van der Waals surface area contributed by atoms with Crippen molar-refractivity contribution in [1.82, 2.24) is 0 Å². The van der Waals surface area contributed by atoms with Crippen LogP contribution in [-0.4, -0.2) is 19.1 Å². The Morgan fingerprint density at radius 1 is 1.47 bits per heavy atom. The van der Waals surface area contributed by atoms with Crippen LogP contribution in [0.2, 0.25) is 0 Å². The van der Waals surface area contributed by atoms with E-state index in [1.807, 2.05) is 0 Å². The molecule has 0 fully saturated rings. The van der Waals surface area contributed by atoms with E-state index in [2.05, 4.69) is 5.32 Å². The van der Waals surface area contributed by atoms with Crippen LogP contribution in [0.25, 0.3) is 0 Å². The maximum absolute atomic E-state index is 13.6. The molecule has 1 amide bonds. The third-order valence-electron chi connectivity index (χ3n) is 2.61. The average molecular weight is 291 g/mol. The van der Waals surface area contributed by atoms with Crippen molar-refractivity contribution in [3.8, 4) is 5.75 Å². The molecule has 4 nitrogen and oxygen atoms in total. The van der Waals surface area contributed by atoms with E-state index in [-0.39, 0.29) is 30.6 Å². The molecule has 1 rings (SSSR count). The van der Waals surface area contributed by atoms with E-state index in [1.165, 1.54) is 12.1 Å². The number of nitrogens with one attached hydrogen (secondary N) is 1. The van der Waals surface area contributed by atoms with E-state index in [1.54, 1.807) is 26.8 Å². The SMILES string of the molecule is CCOc1ccc(NC(=O)C(C)(C)CN)cc1F.Cl. The Labute approximate surface area is 118 Å². The summed E-state index contributed by atoms with van der Waals surface area (Å²) in [6.07, 6.45) is 0. The van der Waals surface area contributed by atoms with Crippen LogP contribution >= 0.6 is 12.4 Å². The first-order valence-electron chi connectivity index (χ1n) is 5.84. The fraction of sp³-hybridized carbons (Fsp3) is 0.462. The van der Waals surface area contributed by atoms with Gasteiger partial charge in [-0.3, -0.25) is 4.79 Å². The van der Waals surface area contributed by atoms with Gasteiger partial charge in [0.25, 0.3) is 0 Å². The van der Waals surface area contributed by atoms with Crippen LogP contribution in [0.4, 0.5) is 10.1 Å². The predicted molar refractivity (Wildman–Crippen MR) is 76.3 cm³/mol. The summed E-state index contributed by atoms with van der Waals surface area (Å²) in [5, 5.41) is 2.63. The number of amides is 1. The largest absolute Gasteiger partial charge is 0.491 e. The van der Waals surface area contributed by atoms with Crippen molar-refractivity contribution in [2.75, 3.05) is 18.5 Å². The molecule has 1 aromatic rings. The maximum atomic E-state index is 13.6. The molecule has 0 unspecified atom stereocenters. The first kappa shape index (κ1) is 17.7. The van der Waals surface area contributed by atoms with E-state index in [0.29, 0.717) is 12.3 Å². The molecule has 0 saturated heterocycles. The molecular weight excluding hydrogens is 271 g/mol. The second kappa shape index (κ2) is 7.31. The normalized spacial score (nSPS) is 10.6. The van der Waals surface area contributed by atoms with Crippen molar-refractivity contribution >= 4 is 24.0 Å². The summed E-state index contributed by atoms with van der Waals surface area (Å²) >= 11 is 0. The average Bonchev–Trinajstić information content (AvgIpc) is 2.32. The van der Waals surface area contributed by atoms with Gasteiger partial charge in [-0.1, -0.05) is 0 Å². The lowest BCUT2D eigenvalue weighted by Gasteiger charge is -2.21. The lowest BCUT2D eigenvalue weighted by atomic mass is 9.92. The van der Waals surface area contributed by atoms with Gasteiger partial charge in [-0.25, -0.2) is 4.39 Å². The monoisotopic (exact) mass is 290 g/mol. The molecule has 0 aliphatic heterocycles. The van der Waals surface area contributed by atoms with Gasteiger partial charge in [0.1, 0.15) is 0 Å². The number of halogens is 2. The van der Waals surface area contributed by atoms with Gasteiger partial charge in [0.15, 0.2) is 11.6 Å². The summed E-state index contributed by atoms with van der Waals surface area (Å²) in [4.78, 5) is 11.8. The molecule has 3 N–H and O–H groups in total. The molecule has 0 aliphatic rings. The van der Waals surface area contributed by atoms with E-state index < -0.39 is 11.2 Å². The smallest absolute Gasteiger partial charge is 0.231 e. The summed E-state index contributed by atoms with van der Waals surface area (Å²) < 4.78 is 18.6. The molecule has 0 bridgehead atoms. The van der Waals surface area contributed by atoms with Gasteiger partial charge in [-0.2, -0.15) is 0 Å². The van der Waals surface area contributed by atoms with Gasteiger partial charge < -0.3 is 15.8 Å². The second-order valence-electron chi connectivity index (χ2n) is 4.62. The molecule has 6 heteroatoms. The summed E-state index contributed by atoms with van der Waals surface area (Å²) in [5.41, 5.74) is 5.21. The molecule has 0 spiro atoms. The molecule has 0 atom stereocenters. The van der Waals surface area contributed by atoms with Crippen LogP contribution in [-0.2, 0) is 4.79 Å². The van der Waals surface area contributed by atoms with Crippen molar-refractivity contribution in [2.45, 2.75) is 20.8 Å². The zero-order valence-corrected chi connectivity index (χ0v) is 12.1. The van der Waals surface area contributed by atoms with Gasteiger partial charge in [0, 0.05) is 18.3 Å². The van der Waals surface area contributed by atoms with Crippen LogP contribution in [0.5, 0.6) is 5.75 Å². The van der Waals surface area contributed by atoms with E-state index in [9.17, 15) is 9.18 Å². The Morgan fingerprint density at radius 3 is 2.58 bits per heavy atom. The highest BCUT2D eigenvalue weighted by Crippen LogP contribution is 2.23. The second-order valence-corrected chi connectivity index (χ2v) is 4.62. The topological polar surface area (TPSA) is 64.3 Å². The highest BCUT2D eigenvalue weighted by Gasteiger charge is 2.25. The third-order valence-corrected chi connectivity index (χ3v) is 2.61. The van der Waals surface area contributed by atoms with Crippen LogP contribution in [0.3, 0.4) is 0 Å². The number of benzene rings is 1. The first-order valence-corrected chi connectivity index (χ1v) is 5.84. The molecule has 0 radical (unpaired) electrons. The van der Waals surface area contributed by atoms with Crippen molar-refractivity contribution < 1.29 is 13.9 Å². The van der Waals surface area contributed by atoms with Crippen LogP contribution in [0.15, 0.2) is 18.2 Å². The fourth-order valence-electron chi connectivity index (χ4n) is 1.24. The van der Waals surface area contributed by atoms with Gasteiger partial charge in [0.2, 0.25) is 5.91 Å². The van der Waals surface area contributed by atoms with Crippen molar-refractivity contribution in [3.63, 3.8) is 0 Å². The number of hydrogen-bond donors (Lipinski definition) is 2. The number of ether oxygens (including phenoxy) is 1. The molecule has 0 aromatic heterocycles. The summed E-state index contributed by atoms with van der Waals surface area (Å²) in [5.74, 6) is -0.567. The van der Waals surface area contributed by atoms with Crippen molar-refractivity contribution in [3.05, 3.63) is 24.0 Å². The van der Waals surface area contributed by atoms with Crippen LogP contribution < -0.4 is 15.8 Å². The number of anilines is 1. The number of carbonyl (C=O) groups excluding carboxylic acids is 1. The number of carbonyl (C=O) groups is 1. The summed E-state index contributed by atoms with van der Waals surface area (Å²) in [7, 11) is 0. The predicted octanol–water partition coefficient (Wildman–Crippen LogP) is 2.57. The molecule has 19 heavy (non-hydrogen) atoms. The van der Waals surface area contributed by atoms with E-state index >= 15 is 0 Å². The third kappa shape index (κ3) is 4.69. The molecule has 0 aliphatic carbocycles. The summed E-state index contributed by atoms with van der Waals surface area (Å²) in [6.45, 7) is 5.85.